The van der Waals surface area contributed by atoms with Gasteiger partial charge in [-0.1, -0.05) is 70.4 Å². The van der Waals surface area contributed by atoms with Crippen LogP contribution < -0.4 is 11.5 Å². The van der Waals surface area contributed by atoms with Crippen molar-refractivity contribution in [3.63, 3.8) is 0 Å². The summed E-state index contributed by atoms with van der Waals surface area (Å²) in [5, 5.41) is 10.1. The lowest BCUT2D eigenvalue weighted by atomic mass is 9.75. The second-order valence-corrected chi connectivity index (χ2v) is 10.6. The van der Waals surface area contributed by atoms with E-state index in [1.54, 1.807) is 0 Å². The summed E-state index contributed by atoms with van der Waals surface area (Å²) in [6.07, 6.45) is 19.7. The molecule has 212 valence electrons. The van der Waals surface area contributed by atoms with Crippen molar-refractivity contribution in [3.8, 4) is 0 Å². The summed E-state index contributed by atoms with van der Waals surface area (Å²) >= 11 is 0. The van der Waals surface area contributed by atoms with Crippen LogP contribution in [0.5, 0.6) is 0 Å². The van der Waals surface area contributed by atoms with Crippen LogP contribution in [-0.2, 0) is 19.2 Å². The summed E-state index contributed by atoms with van der Waals surface area (Å²) in [7, 11) is 0. The number of amides is 1. The maximum atomic E-state index is 13.1. The largest absolute Gasteiger partial charge is 0.479 e. The van der Waals surface area contributed by atoms with Crippen LogP contribution in [0.4, 0.5) is 0 Å². The van der Waals surface area contributed by atoms with Gasteiger partial charge in [0.25, 0.3) is 0 Å². The molecule has 0 aromatic rings. The third kappa shape index (κ3) is 9.64. The van der Waals surface area contributed by atoms with E-state index in [0.717, 1.165) is 43.4 Å². The van der Waals surface area contributed by atoms with Gasteiger partial charge in [0.2, 0.25) is 11.4 Å². The fourth-order valence-corrected chi connectivity index (χ4v) is 5.32. The lowest BCUT2D eigenvalue weighted by Crippen LogP contribution is -2.67. The van der Waals surface area contributed by atoms with Crippen LogP contribution in [0.2, 0.25) is 0 Å². The van der Waals surface area contributed by atoms with Gasteiger partial charge in [-0.25, -0.2) is 4.79 Å². The summed E-state index contributed by atoms with van der Waals surface area (Å²) in [5.74, 6) is -4.40. The van der Waals surface area contributed by atoms with Crippen LogP contribution >= 0.6 is 0 Å². The molecule has 1 aliphatic rings. The molecule has 1 amide bonds. The Labute approximate surface area is 223 Å². The standard InChI is InChI=1S/C29H51N3O5/c1-4-5-6-7-8-9-10-11-12-13-14-15-16-17-18-19-25(33)24-20-21-32(27(35)23(3)31)29(24,28(36)37)26(34)22(2)30/h11-12,22-24H,4-10,13-21,30-31H2,1-3H3,(H,36,37). The highest BCUT2D eigenvalue weighted by Gasteiger charge is 2.64. The summed E-state index contributed by atoms with van der Waals surface area (Å²) < 4.78 is 0. The van der Waals surface area contributed by atoms with Crippen molar-refractivity contribution in [1.82, 2.24) is 4.90 Å². The number of unbranched alkanes of at least 4 members (excludes halogenated alkanes) is 11. The summed E-state index contributed by atoms with van der Waals surface area (Å²) in [4.78, 5) is 52.3. The highest BCUT2D eigenvalue weighted by molar-refractivity contribution is 6.16. The van der Waals surface area contributed by atoms with E-state index in [4.69, 9.17) is 11.5 Å². The summed E-state index contributed by atoms with van der Waals surface area (Å²) in [5.41, 5.74) is 9.21. The van der Waals surface area contributed by atoms with E-state index in [1.165, 1.54) is 52.4 Å². The Balaban J connectivity index is 2.47. The van der Waals surface area contributed by atoms with Crippen molar-refractivity contribution in [2.45, 2.75) is 135 Å². The van der Waals surface area contributed by atoms with E-state index in [2.05, 4.69) is 19.1 Å². The first-order valence-corrected chi connectivity index (χ1v) is 14.4. The molecule has 8 heteroatoms. The first kappa shape index (κ1) is 33.0. The van der Waals surface area contributed by atoms with Gasteiger partial charge >= 0.3 is 5.97 Å². The molecule has 0 aromatic heterocycles. The van der Waals surface area contributed by atoms with Gasteiger partial charge in [-0.3, -0.25) is 14.4 Å². The van der Waals surface area contributed by atoms with Crippen LogP contribution in [0.1, 0.15) is 117 Å². The molecule has 0 aromatic carbocycles. The molecule has 0 radical (unpaired) electrons. The van der Waals surface area contributed by atoms with E-state index < -0.39 is 41.2 Å². The first-order chi connectivity index (χ1) is 17.6. The van der Waals surface area contributed by atoms with Gasteiger partial charge in [-0.15, -0.1) is 0 Å². The van der Waals surface area contributed by atoms with Crippen molar-refractivity contribution >= 4 is 23.4 Å². The van der Waals surface area contributed by atoms with E-state index in [1.807, 2.05) is 0 Å². The van der Waals surface area contributed by atoms with Crippen LogP contribution in [0.15, 0.2) is 12.2 Å². The molecule has 0 saturated carbocycles. The van der Waals surface area contributed by atoms with Crippen LogP contribution in [0.3, 0.4) is 0 Å². The molecule has 4 unspecified atom stereocenters. The summed E-state index contributed by atoms with van der Waals surface area (Å²) in [6, 6.07) is -2.12. The Morgan fingerprint density at radius 3 is 1.86 bits per heavy atom. The normalized spacial score (nSPS) is 21.3. The molecule has 1 rings (SSSR count). The Morgan fingerprint density at radius 2 is 1.38 bits per heavy atom. The number of nitrogens with zero attached hydrogens (tertiary/aromatic N) is 1. The smallest absolute Gasteiger partial charge is 0.338 e. The van der Waals surface area contributed by atoms with Gasteiger partial charge in [0.05, 0.1) is 18.0 Å². The van der Waals surface area contributed by atoms with E-state index in [9.17, 15) is 24.3 Å². The Morgan fingerprint density at radius 1 is 0.865 bits per heavy atom. The van der Waals surface area contributed by atoms with Gasteiger partial charge in [0.15, 0.2) is 5.78 Å². The third-order valence-electron chi connectivity index (χ3n) is 7.42. The first-order valence-electron chi connectivity index (χ1n) is 14.4. The van der Waals surface area contributed by atoms with Gasteiger partial charge in [0, 0.05) is 13.0 Å². The number of carbonyl (C=O) groups excluding carboxylic acids is 3. The zero-order chi connectivity index (χ0) is 27.8. The average molecular weight is 522 g/mol. The summed E-state index contributed by atoms with van der Waals surface area (Å²) in [6.45, 7) is 5.05. The molecular formula is C29H51N3O5. The average Bonchev–Trinajstić information content (AvgIpc) is 3.26. The molecule has 0 spiro atoms. The Hall–Kier alpha value is -2.06. The predicted molar refractivity (Wildman–Crippen MR) is 147 cm³/mol. The van der Waals surface area contributed by atoms with Crippen LogP contribution in [-0.4, -0.2) is 57.6 Å². The number of Topliss-reactive ketones (excluding diaryl/α,β-unsaturated/α-hetero) is 2. The SMILES string of the molecule is CCCCCCCCC=CCCCCCCCC(=O)C1CCN(C(=O)C(C)N)C1(C(=O)O)C(=O)C(C)N. The number of aliphatic carboxylic acids is 1. The molecule has 0 bridgehead atoms. The molecule has 1 fully saturated rings. The molecule has 0 aliphatic carbocycles. The van der Waals surface area contributed by atoms with Crippen molar-refractivity contribution in [2.24, 2.45) is 17.4 Å². The van der Waals surface area contributed by atoms with E-state index in [-0.39, 0.29) is 25.2 Å². The number of allylic oxidation sites excluding steroid dienone is 2. The lowest BCUT2D eigenvalue weighted by Gasteiger charge is -2.38. The number of carbonyl (C=O) groups is 4. The lowest BCUT2D eigenvalue weighted by molar-refractivity contribution is -0.167. The quantitative estimate of drug-likeness (QED) is 0.121. The molecule has 4 atom stereocenters. The van der Waals surface area contributed by atoms with Crippen molar-refractivity contribution in [2.75, 3.05) is 6.54 Å². The maximum absolute atomic E-state index is 13.1. The highest BCUT2D eigenvalue weighted by atomic mass is 16.4. The van der Waals surface area contributed by atoms with Gasteiger partial charge < -0.3 is 21.5 Å². The van der Waals surface area contributed by atoms with Crippen LogP contribution in [0.25, 0.3) is 0 Å². The fraction of sp³-hybridized carbons (Fsp3) is 0.793. The number of likely N-dealkylation sites (tertiary alicyclic amines) is 1. The Kier molecular flexibility index (Phi) is 15.5. The minimum Gasteiger partial charge on any atom is -0.479 e. The van der Waals surface area contributed by atoms with Gasteiger partial charge in [-0.2, -0.15) is 0 Å². The van der Waals surface area contributed by atoms with Gasteiger partial charge in [0.1, 0.15) is 5.78 Å². The second-order valence-electron chi connectivity index (χ2n) is 10.6. The van der Waals surface area contributed by atoms with Crippen molar-refractivity contribution in [3.05, 3.63) is 12.2 Å². The molecule has 8 nitrogen and oxygen atoms in total. The number of rotatable bonds is 20. The zero-order valence-corrected chi connectivity index (χ0v) is 23.4. The van der Waals surface area contributed by atoms with Crippen LogP contribution in [0, 0.1) is 5.92 Å². The minimum absolute atomic E-state index is 0.00604. The highest BCUT2D eigenvalue weighted by Crippen LogP contribution is 2.39. The molecule has 37 heavy (non-hydrogen) atoms. The topological polar surface area (TPSA) is 144 Å². The third-order valence-corrected chi connectivity index (χ3v) is 7.42. The number of hydrogen-bond donors (Lipinski definition) is 3. The van der Waals surface area contributed by atoms with E-state index in [0.29, 0.717) is 6.42 Å². The number of carboxylic acids is 1. The molecule has 5 N–H and O–H groups in total. The second kappa shape index (κ2) is 17.4. The number of ketones is 2. The molecule has 1 aliphatic heterocycles. The van der Waals surface area contributed by atoms with Crippen molar-refractivity contribution < 1.29 is 24.3 Å². The van der Waals surface area contributed by atoms with Crippen molar-refractivity contribution in [1.29, 1.82) is 0 Å². The zero-order valence-electron chi connectivity index (χ0n) is 23.4. The molecular weight excluding hydrogens is 470 g/mol. The van der Waals surface area contributed by atoms with Gasteiger partial charge in [-0.05, 0) is 52.4 Å². The fourth-order valence-electron chi connectivity index (χ4n) is 5.32. The maximum Gasteiger partial charge on any atom is 0.338 e. The number of carboxylic acid groups (broad SMARTS) is 1. The molecule has 1 saturated heterocycles. The molecule has 1 heterocycles. The predicted octanol–water partition coefficient (Wildman–Crippen LogP) is 4.53. The van der Waals surface area contributed by atoms with E-state index >= 15 is 0 Å². The monoisotopic (exact) mass is 521 g/mol. The Bertz CT molecular complexity index is 765. The number of nitrogens with two attached hydrogens (primary N) is 2. The number of hydrogen-bond acceptors (Lipinski definition) is 6. The minimum atomic E-state index is -2.28.